The highest BCUT2D eigenvalue weighted by atomic mass is 35.5. The zero-order chi connectivity index (χ0) is 15.4. The normalized spacial score (nSPS) is 10.4. The lowest BCUT2D eigenvalue weighted by Gasteiger charge is -2.04. The van der Waals surface area contributed by atoms with Crippen LogP contribution in [0, 0.1) is 0 Å². The van der Waals surface area contributed by atoms with Crippen molar-refractivity contribution in [2.24, 2.45) is 0 Å². The summed E-state index contributed by atoms with van der Waals surface area (Å²) < 4.78 is 0. The average Bonchev–Trinajstić information content (AvgIpc) is 3.03. The molecule has 0 aliphatic carbocycles. The number of thiazole rings is 1. The lowest BCUT2D eigenvalue weighted by molar-refractivity contribution is 0.102. The van der Waals surface area contributed by atoms with Gasteiger partial charge in [0.15, 0.2) is 5.13 Å². The van der Waals surface area contributed by atoms with Crippen LogP contribution in [0.1, 0.15) is 16.1 Å². The number of anilines is 1. The minimum atomic E-state index is -0.171. The molecule has 0 aliphatic heterocycles. The Bertz CT molecular complexity index is 769. The Hall–Kier alpha value is -2.17. The molecule has 0 aliphatic rings. The fourth-order valence-corrected chi connectivity index (χ4v) is 2.97. The Morgan fingerprint density at radius 2 is 1.73 bits per heavy atom. The molecule has 2 aromatic carbocycles. The molecule has 0 bridgehead atoms. The fraction of sp³-hybridized carbons (Fsp3) is 0.0588. The number of carbonyl (C=O) groups excluding carboxylic acids is 1. The van der Waals surface area contributed by atoms with Crippen molar-refractivity contribution in [3.05, 3.63) is 71.2 Å². The predicted molar refractivity (Wildman–Crippen MR) is 91.5 cm³/mol. The maximum absolute atomic E-state index is 12.2. The lowest BCUT2D eigenvalue weighted by atomic mass is 10.0. The largest absolute Gasteiger partial charge is 0.298 e. The minimum absolute atomic E-state index is 0.171. The van der Waals surface area contributed by atoms with E-state index in [0.717, 1.165) is 16.8 Å². The second-order valence-corrected chi connectivity index (χ2v) is 5.80. The van der Waals surface area contributed by atoms with E-state index in [-0.39, 0.29) is 5.91 Å². The predicted octanol–water partition coefficient (Wildman–Crippen LogP) is 4.80. The number of hydrogen-bond donors (Lipinski definition) is 1. The number of benzene rings is 2. The topological polar surface area (TPSA) is 42.0 Å². The molecule has 0 saturated carbocycles. The highest BCUT2D eigenvalue weighted by molar-refractivity contribution is 7.14. The van der Waals surface area contributed by atoms with Crippen LogP contribution in [0.15, 0.2) is 60.0 Å². The second kappa shape index (κ2) is 6.73. The van der Waals surface area contributed by atoms with Gasteiger partial charge in [-0.3, -0.25) is 10.1 Å². The van der Waals surface area contributed by atoms with Gasteiger partial charge in [-0.1, -0.05) is 42.5 Å². The maximum atomic E-state index is 12.2. The molecule has 5 heteroatoms. The van der Waals surface area contributed by atoms with Gasteiger partial charge in [-0.2, -0.15) is 0 Å². The van der Waals surface area contributed by atoms with Crippen LogP contribution in [-0.4, -0.2) is 10.9 Å². The summed E-state index contributed by atoms with van der Waals surface area (Å²) in [5.74, 6) is 0.174. The first kappa shape index (κ1) is 14.8. The summed E-state index contributed by atoms with van der Waals surface area (Å²) in [6.07, 6.45) is 0. The molecular weight excluding hydrogens is 316 g/mol. The van der Waals surface area contributed by atoms with Gasteiger partial charge < -0.3 is 0 Å². The van der Waals surface area contributed by atoms with Crippen LogP contribution in [0.5, 0.6) is 0 Å². The van der Waals surface area contributed by atoms with Crippen molar-refractivity contribution < 1.29 is 4.79 Å². The Morgan fingerprint density at radius 1 is 1.05 bits per heavy atom. The van der Waals surface area contributed by atoms with Crippen LogP contribution in [0.3, 0.4) is 0 Å². The van der Waals surface area contributed by atoms with Crippen LogP contribution < -0.4 is 5.32 Å². The van der Waals surface area contributed by atoms with Crippen molar-refractivity contribution in [2.45, 2.75) is 5.88 Å². The van der Waals surface area contributed by atoms with Crippen LogP contribution in [0.2, 0.25) is 0 Å². The molecule has 3 nitrogen and oxygen atoms in total. The summed E-state index contributed by atoms with van der Waals surface area (Å²) in [7, 11) is 0. The van der Waals surface area contributed by atoms with E-state index in [9.17, 15) is 4.79 Å². The molecule has 0 spiro atoms. The SMILES string of the molecule is O=C(Nc1nc(CCl)cs1)c1ccc(-c2ccccc2)cc1. The molecule has 0 saturated heterocycles. The number of nitrogens with zero attached hydrogens (tertiary/aromatic N) is 1. The molecule has 0 fully saturated rings. The summed E-state index contributed by atoms with van der Waals surface area (Å²) in [5, 5.41) is 5.18. The highest BCUT2D eigenvalue weighted by Crippen LogP contribution is 2.21. The molecule has 0 radical (unpaired) electrons. The zero-order valence-corrected chi connectivity index (χ0v) is 13.2. The lowest BCUT2D eigenvalue weighted by Crippen LogP contribution is -2.11. The number of alkyl halides is 1. The van der Waals surface area contributed by atoms with E-state index in [1.54, 1.807) is 0 Å². The van der Waals surface area contributed by atoms with Crippen molar-refractivity contribution in [1.29, 1.82) is 0 Å². The van der Waals surface area contributed by atoms with E-state index in [1.807, 2.05) is 60.0 Å². The first-order valence-electron chi connectivity index (χ1n) is 6.73. The quantitative estimate of drug-likeness (QED) is 0.699. The number of rotatable bonds is 4. The Morgan fingerprint density at radius 3 is 2.36 bits per heavy atom. The molecule has 22 heavy (non-hydrogen) atoms. The molecule has 1 N–H and O–H groups in total. The fourth-order valence-electron chi connectivity index (χ4n) is 2.04. The van der Waals surface area contributed by atoms with Crippen LogP contribution in [0.4, 0.5) is 5.13 Å². The van der Waals surface area contributed by atoms with Gasteiger partial charge in [0.25, 0.3) is 5.91 Å². The van der Waals surface area contributed by atoms with E-state index in [1.165, 1.54) is 11.3 Å². The number of hydrogen-bond acceptors (Lipinski definition) is 3. The van der Waals surface area contributed by atoms with Gasteiger partial charge in [-0.25, -0.2) is 4.98 Å². The number of carbonyl (C=O) groups is 1. The standard InChI is InChI=1S/C17H13ClN2OS/c18-10-15-11-22-17(19-15)20-16(21)14-8-6-13(7-9-14)12-4-2-1-3-5-12/h1-9,11H,10H2,(H,19,20,21). The van der Waals surface area contributed by atoms with E-state index >= 15 is 0 Å². The Labute approximate surface area is 137 Å². The highest BCUT2D eigenvalue weighted by Gasteiger charge is 2.09. The molecule has 3 aromatic rings. The van der Waals surface area contributed by atoms with Gasteiger partial charge >= 0.3 is 0 Å². The van der Waals surface area contributed by atoms with E-state index < -0.39 is 0 Å². The Kier molecular flexibility index (Phi) is 4.51. The third-order valence-corrected chi connectivity index (χ3v) is 4.24. The summed E-state index contributed by atoms with van der Waals surface area (Å²) in [4.78, 5) is 16.4. The number of aromatic nitrogens is 1. The van der Waals surface area contributed by atoms with Crippen LogP contribution in [-0.2, 0) is 5.88 Å². The molecular formula is C17H13ClN2OS. The second-order valence-electron chi connectivity index (χ2n) is 4.68. The van der Waals surface area contributed by atoms with Crippen LogP contribution in [0.25, 0.3) is 11.1 Å². The third kappa shape index (κ3) is 3.35. The smallest absolute Gasteiger partial charge is 0.257 e. The van der Waals surface area contributed by atoms with E-state index in [4.69, 9.17) is 11.6 Å². The van der Waals surface area contributed by atoms with E-state index in [2.05, 4.69) is 10.3 Å². The summed E-state index contributed by atoms with van der Waals surface area (Å²) in [5.41, 5.74) is 3.57. The van der Waals surface area contributed by atoms with Crippen molar-refractivity contribution in [3.63, 3.8) is 0 Å². The van der Waals surface area contributed by atoms with Gasteiger partial charge in [-0.15, -0.1) is 22.9 Å². The van der Waals surface area contributed by atoms with Gasteiger partial charge in [0.2, 0.25) is 0 Å². The molecule has 1 heterocycles. The van der Waals surface area contributed by atoms with Crippen molar-refractivity contribution in [1.82, 2.24) is 4.98 Å². The third-order valence-electron chi connectivity index (χ3n) is 3.16. The molecule has 1 aromatic heterocycles. The van der Waals surface area contributed by atoms with Crippen LogP contribution >= 0.6 is 22.9 Å². The number of halogens is 1. The monoisotopic (exact) mass is 328 g/mol. The number of amides is 1. The van der Waals surface area contributed by atoms with Crippen molar-refractivity contribution >= 4 is 34.0 Å². The maximum Gasteiger partial charge on any atom is 0.257 e. The summed E-state index contributed by atoms with van der Waals surface area (Å²) in [6.45, 7) is 0. The Balaban J connectivity index is 1.73. The molecule has 0 atom stereocenters. The molecule has 0 unspecified atom stereocenters. The molecule has 1 amide bonds. The molecule has 110 valence electrons. The summed E-state index contributed by atoms with van der Waals surface area (Å²) >= 11 is 7.07. The molecule has 3 rings (SSSR count). The summed E-state index contributed by atoms with van der Waals surface area (Å²) in [6, 6.07) is 17.6. The minimum Gasteiger partial charge on any atom is -0.298 e. The van der Waals surface area contributed by atoms with Gasteiger partial charge in [0.1, 0.15) is 0 Å². The number of nitrogens with one attached hydrogen (secondary N) is 1. The zero-order valence-electron chi connectivity index (χ0n) is 11.6. The van der Waals surface area contributed by atoms with Crippen molar-refractivity contribution in [2.75, 3.05) is 5.32 Å². The van der Waals surface area contributed by atoms with Gasteiger partial charge in [-0.05, 0) is 23.3 Å². The van der Waals surface area contributed by atoms with Gasteiger partial charge in [0.05, 0.1) is 11.6 Å². The van der Waals surface area contributed by atoms with Crippen molar-refractivity contribution in [3.8, 4) is 11.1 Å². The first-order valence-corrected chi connectivity index (χ1v) is 8.15. The first-order chi connectivity index (χ1) is 10.8. The van der Waals surface area contributed by atoms with E-state index in [0.29, 0.717) is 16.6 Å². The van der Waals surface area contributed by atoms with Gasteiger partial charge in [0, 0.05) is 10.9 Å². The average molecular weight is 329 g/mol.